The number of nitrogens with zero attached hydrogens (tertiary/aromatic N) is 3. The van der Waals surface area contributed by atoms with E-state index in [0.29, 0.717) is 11.9 Å². The predicted octanol–water partition coefficient (Wildman–Crippen LogP) is 2.68. The first-order valence-corrected chi connectivity index (χ1v) is 8.16. The number of aromatic nitrogens is 2. The van der Waals surface area contributed by atoms with Gasteiger partial charge in [0.1, 0.15) is 10.8 Å². The molecule has 6 heteroatoms. The average Bonchev–Trinajstić information content (AvgIpc) is 3.10. The van der Waals surface area contributed by atoms with Crippen LogP contribution >= 0.6 is 11.5 Å². The zero-order valence-corrected chi connectivity index (χ0v) is 13.1. The largest absolute Gasteiger partial charge is 0.382 e. The fourth-order valence-electron chi connectivity index (χ4n) is 2.81. The third kappa shape index (κ3) is 3.33. The van der Waals surface area contributed by atoms with Crippen molar-refractivity contribution >= 4 is 22.4 Å². The first-order valence-electron chi connectivity index (χ1n) is 7.38. The van der Waals surface area contributed by atoms with Crippen molar-refractivity contribution in [2.75, 3.05) is 30.7 Å². The second-order valence-corrected chi connectivity index (χ2v) is 6.34. The third-order valence-electron chi connectivity index (χ3n) is 3.78. The molecular formula is C15H21N5S. The standard InChI is InChI=1S/C15H21N5S/c1-11(10-20-7-2-3-8-20)18-15-13(14(16)19-21-15)12-5-4-6-17-9-12/h4-6,9,11,18H,2-3,7-8,10H2,1H3,(H2,16,19). The average molecular weight is 303 g/mol. The Labute approximate surface area is 129 Å². The van der Waals surface area contributed by atoms with Crippen molar-refractivity contribution < 1.29 is 0 Å². The van der Waals surface area contributed by atoms with E-state index >= 15 is 0 Å². The topological polar surface area (TPSA) is 67.1 Å². The molecule has 2 aromatic heterocycles. The maximum absolute atomic E-state index is 6.03. The van der Waals surface area contributed by atoms with Gasteiger partial charge in [-0.2, -0.15) is 4.37 Å². The van der Waals surface area contributed by atoms with Gasteiger partial charge in [-0.3, -0.25) is 4.98 Å². The number of nitrogen functional groups attached to an aromatic ring is 1. The maximum Gasteiger partial charge on any atom is 0.147 e. The number of nitrogens with two attached hydrogens (primary N) is 1. The number of rotatable bonds is 5. The van der Waals surface area contributed by atoms with Crippen molar-refractivity contribution in [2.45, 2.75) is 25.8 Å². The van der Waals surface area contributed by atoms with Crippen LogP contribution in [0.3, 0.4) is 0 Å². The van der Waals surface area contributed by atoms with Crippen LogP contribution in [0.25, 0.3) is 11.1 Å². The lowest BCUT2D eigenvalue weighted by Gasteiger charge is -2.21. The summed E-state index contributed by atoms with van der Waals surface area (Å²) in [5, 5.41) is 4.60. The Hall–Kier alpha value is -1.66. The minimum Gasteiger partial charge on any atom is -0.382 e. The monoisotopic (exact) mass is 303 g/mol. The lowest BCUT2D eigenvalue weighted by molar-refractivity contribution is 0.328. The van der Waals surface area contributed by atoms with Gasteiger partial charge in [0.2, 0.25) is 0 Å². The van der Waals surface area contributed by atoms with Crippen LogP contribution in [0.15, 0.2) is 24.5 Å². The second-order valence-electron chi connectivity index (χ2n) is 5.57. The third-order valence-corrected chi connectivity index (χ3v) is 4.57. The number of nitrogens with one attached hydrogen (secondary N) is 1. The number of hydrogen-bond donors (Lipinski definition) is 2. The molecule has 21 heavy (non-hydrogen) atoms. The van der Waals surface area contributed by atoms with Crippen LogP contribution in [0, 0.1) is 0 Å². The molecular weight excluding hydrogens is 282 g/mol. The molecule has 1 unspecified atom stereocenters. The van der Waals surface area contributed by atoms with Crippen molar-refractivity contribution in [1.82, 2.24) is 14.3 Å². The van der Waals surface area contributed by atoms with Gasteiger partial charge in [0, 0.05) is 30.5 Å². The van der Waals surface area contributed by atoms with Crippen LogP contribution in [0.4, 0.5) is 10.8 Å². The Morgan fingerprint density at radius 2 is 2.24 bits per heavy atom. The summed E-state index contributed by atoms with van der Waals surface area (Å²) in [5.41, 5.74) is 8.02. The fourth-order valence-corrected chi connectivity index (χ4v) is 3.66. The summed E-state index contributed by atoms with van der Waals surface area (Å²) in [6.07, 6.45) is 6.24. The highest BCUT2D eigenvalue weighted by molar-refractivity contribution is 7.11. The van der Waals surface area contributed by atoms with Gasteiger partial charge < -0.3 is 16.0 Å². The van der Waals surface area contributed by atoms with E-state index < -0.39 is 0 Å². The zero-order chi connectivity index (χ0) is 14.7. The van der Waals surface area contributed by atoms with Crippen LogP contribution in [-0.4, -0.2) is 39.9 Å². The van der Waals surface area contributed by atoms with Gasteiger partial charge in [-0.25, -0.2) is 0 Å². The van der Waals surface area contributed by atoms with Gasteiger partial charge >= 0.3 is 0 Å². The fraction of sp³-hybridized carbons (Fsp3) is 0.467. The van der Waals surface area contributed by atoms with Crippen molar-refractivity contribution in [1.29, 1.82) is 0 Å². The van der Waals surface area contributed by atoms with Crippen LogP contribution in [0.2, 0.25) is 0 Å². The SMILES string of the molecule is CC(CN1CCCC1)Nc1snc(N)c1-c1cccnc1. The van der Waals surface area contributed by atoms with E-state index in [1.807, 2.05) is 18.3 Å². The molecule has 112 valence electrons. The van der Waals surface area contributed by atoms with Gasteiger partial charge in [-0.1, -0.05) is 6.07 Å². The predicted molar refractivity (Wildman–Crippen MR) is 88.5 cm³/mol. The van der Waals surface area contributed by atoms with E-state index in [4.69, 9.17) is 5.73 Å². The first-order chi connectivity index (χ1) is 10.2. The summed E-state index contributed by atoms with van der Waals surface area (Å²) in [6.45, 7) is 5.70. The van der Waals surface area contributed by atoms with E-state index in [1.54, 1.807) is 6.20 Å². The summed E-state index contributed by atoms with van der Waals surface area (Å²) in [7, 11) is 0. The summed E-state index contributed by atoms with van der Waals surface area (Å²) in [6, 6.07) is 4.31. The molecule has 0 aliphatic carbocycles. The van der Waals surface area contributed by atoms with Gasteiger partial charge in [0.05, 0.1) is 5.56 Å². The first kappa shape index (κ1) is 14.3. The lowest BCUT2D eigenvalue weighted by Crippen LogP contribution is -2.32. The Bertz CT molecular complexity index is 577. The van der Waals surface area contributed by atoms with Crippen molar-refractivity contribution in [3.8, 4) is 11.1 Å². The molecule has 0 amide bonds. The Morgan fingerprint density at radius 1 is 1.43 bits per heavy atom. The molecule has 0 aromatic carbocycles. The number of pyridine rings is 1. The molecule has 1 aliphatic heterocycles. The minimum atomic E-state index is 0.373. The molecule has 0 bridgehead atoms. The summed E-state index contributed by atoms with van der Waals surface area (Å²) in [4.78, 5) is 6.68. The van der Waals surface area contributed by atoms with E-state index in [-0.39, 0.29) is 0 Å². The highest BCUT2D eigenvalue weighted by atomic mass is 32.1. The molecule has 1 aliphatic rings. The molecule has 1 atom stereocenters. The van der Waals surface area contributed by atoms with Crippen LogP contribution in [-0.2, 0) is 0 Å². The quantitative estimate of drug-likeness (QED) is 0.889. The molecule has 5 nitrogen and oxygen atoms in total. The normalized spacial score (nSPS) is 17.0. The van der Waals surface area contributed by atoms with Gasteiger partial charge in [0.25, 0.3) is 0 Å². The molecule has 3 heterocycles. The highest BCUT2D eigenvalue weighted by Gasteiger charge is 2.18. The lowest BCUT2D eigenvalue weighted by atomic mass is 10.1. The van der Waals surface area contributed by atoms with E-state index in [1.165, 1.54) is 37.5 Å². The van der Waals surface area contributed by atoms with Gasteiger partial charge in [-0.15, -0.1) is 0 Å². The molecule has 1 saturated heterocycles. The van der Waals surface area contributed by atoms with Gasteiger partial charge in [-0.05, 0) is 50.5 Å². The minimum absolute atomic E-state index is 0.373. The maximum atomic E-state index is 6.03. The van der Waals surface area contributed by atoms with Crippen LogP contribution in [0.5, 0.6) is 0 Å². The second kappa shape index (κ2) is 6.41. The molecule has 3 N–H and O–H groups in total. The smallest absolute Gasteiger partial charge is 0.147 e. The van der Waals surface area contributed by atoms with Gasteiger partial charge in [0.15, 0.2) is 0 Å². The molecule has 0 spiro atoms. The van der Waals surface area contributed by atoms with Crippen molar-refractivity contribution in [3.05, 3.63) is 24.5 Å². The Balaban J connectivity index is 1.73. The van der Waals surface area contributed by atoms with E-state index in [9.17, 15) is 0 Å². The van der Waals surface area contributed by atoms with Crippen molar-refractivity contribution in [2.24, 2.45) is 0 Å². The van der Waals surface area contributed by atoms with Crippen molar-refractivity contribution in [3.63, 3.8) is 0 Å². The molecule has 1 fully saturated rings. The summed E-state index contributed by atoms with van der Waals surface area (Å²) >= 11 is 1.42. The zero-order valence-electron chi connectivity index (χ0n) is 12.2. The molecule has 2 aromatic rings. The number of hydrogen-bond acceptors (Lipinski definition) is 6. The number of likely N-dealkylation sites (tertiary alicyclic amines) is 1. The van der Waals surface area contributed by atoms with E-state index in [2.05, 4.69) is 26.5 Å². The molecule has 0 saturated carbocycles. The summed E-state index contributed by atoms with van der Waals surface area (Å²) in [5.74, 6) is 0.573. The Kier molecular flexibility index (Phi) is 4.36. The van der Waals surface area contributed by atoms with Crippen LogP contribution < -0.4 is 11.1 Å². The highest BCUT2D eigenvalue weighted by Crippen LogP contribution is 2.36. The van der Waals surface area contributed by atoms with Crippen LogP contribution in [0.1, 0.15) is 19.8 Å². The Morgan fingerprint density at radius 3 is 2.95 bits per heavy atom. The number of anilines is 2. The molecule has 3 rings (SSSR count). The van der Waals surface area contributed by atoms with E-state index in [0.717, 1.165) is 22.7 Å². The molecule has 0 radical (unpaired) electrons. The summed E-state index contributed by atoms with van der Waals surface area (Å²) < 4.78 is 4.29.